The molecule has 2 amide bonds. The van der Waals surface area contributed by atoms with Gasteiger partial charge in [-0.2, -0.15) is 0 Å². The van der Waals surface area contributed by atoms with Crippen molar-refractivity contribution >= 4 is 29.5 Å². The summed E-state index contributed by atoms with van der Waals surface area (Å²) < 4.78 is 12.2. The molecular formula is C48H73N3O6. The summed E-state index contributed by atoms with van der Waals surface area (Å²) in [5.74, 6) is -0.891. The second-order valence-corrected chi connectivity index (χ2v) is 17.0. The zero-order valence-electron chi connectivity index (χ0n) is 36.8. The number of hydrogen-bond acceptors (Lipinski definition) is 7. The predicted molar refractivity (Wildman–Crippen MR) is 230 cm³/mol. The number of allylic oxidation sites excluding steroid dienone is 1. The summed E-state index contributed by atoms with van der Waals surface area (Å²) in [5, 5.41) is 3.13. The summed E-state index contributed by atoms with van der Waals surface area (Å²) in [5.41, 5.74) is 2.26. The van der Waals surface area contributed by atoms with Crippen LogP contribution in [0.15, 0.2) is 66.7 Å². The monoisotopic (exact) mass is 788 g/mol. The molecule has 0 spiro atoms. The number of hydrogen-bond donors (Lipinski definition) is 1. The van der Waals surface area contributed by atoms with Gasteiger partial charge in [-0.15, -0.1) is 0 Å². The molecule has 0 aliphatic carbocycles. The van der Waals surface area contributed by atoms with Crippen molar-refractivity contribution in [2.45, 2.75) is 124 Å². The molecular weight excluding hydrogens is 715 g/mol. The third-order valence-corrected chi connectivity index (χ3v) is 12.4. The SMILES string of the molecule is CC[C@H](C)[C@@H]([C@@H](CC(=O)N1CCC[C@H]1[C@H](OC)[C@@H](C)C(=O)C[C@H](/C=C/c1ccccc1)Cc1ccccc1)OC)N(C)C(=O)[C@@H](CC(=O)[C@@H](NC)C(C)C)C(C)C. The zero-order valence-corrected chi connectivity index (χ0v) is 36.8. The maximum atomic E-state index is 14.3. The van der Waals surface area contributed by atoms with Gasteiger partial charge >= 0.3 is 0 Å². The highest BCUT2D eigenvalue weighted by molar-refractivity contribution is 5.90. The molecule has 1 heterocycles. The number of carbonyl (C=O) groups excluding carboxylic acids is 4. The average molecular weight is 788 g/mol. The van der Waals surface area contributed by atoms with Crippen LogP contribution in [0.3, 0.4) is 0 Å². The largest absolute Gasteiger partial charge is 0.379 e. The van der Waals surface area contributed by atoms with E-state index in [9.17, 15) is 19.2 Å². The lowest BCUT2D eigenvalue weighted by Gasteiger charge is -2.41. The molecule has 1 aliphatic heterocycles. The Labute approximate surface area is 344 Å². The molecule has 2 aromatic rings. The second-order valence-electron chi connectivity index (χ2n) is 17.0. The highest BCUT2D eigenvalue weighted by Crippen LogP contribution is 2.32. The number of Topliss-reactive ketones (excluding diaryl/α,β-unsaturated/α-hetero) is 2. The Balaban J connectivity index is 1.79. The number of ketones is 2. The first-order valence-corrected chi connectivity index (χ1v) is 21.3. The Morgan fingerprint density at radius 3 is 2.04 bits per heavy atom. The Morgan fingerprint density at radius 2 is 1.49 bits per heavy atom. The lowest BCUT2D eigenvalue weighted by Crippen LogP contribution is -2.54. The quantitative estimate of drug-likeness (QED) is 0.115. The molecule has 0 bridgehead atoms. The maximum Gasteiger partial charge on any atom is 0.226 e. The third-order valence-electron chi connectivity index (χ3n) is 12.4. The standard InChI is InChI=1S/C48H73N3O6/c1-12-34(6)46(50(9)48(55)39(32(2)3)30-42(53)45(49-8)33(4)5)43(56-10)31-44(54)51-27-19-24-40(51)47(57-11)35(7)41(52)29-38(28-37-22-17-14-18-23-37)26-25-36-20-15-13-16-21-36/h13-18,20-23,25-26,32-35,38-40,43,45-47,49H,12,19,24,27-31H2,1-11H3/b26-25+/t34-,35-,38+,39-,40-,43+,45-,46-,47+/m0/s1. The minimum atomic E-state index is -0.568. The molecule has 9 atom stereocenters. The van der Waals surface area contributed by atoms with Crippen LogP contribution in [0.5, 0.6) is 0 Å². The Hall–Kier alpha value is -3.66. The van der Waals surface area contributed by atoms with Gasteiger partial charge < -0.3 is 24.6 Å². The summed E-state index contributed by atoms with van der Waals surface area (Å²) in [6.45, 7) is 14.6. The summed E-state index contributed by atoms with van der Waals surface area (Å²) in [6, 6.07) is 19.4. The van der Waals surface area contributed by atoms with Gasteiger partial charge in [0.25, 0.3) is 0 Å². The van der Waals surface area contributed by atoms with Crippen LogP contribution < -0.4 is 5.32 Å². The van der Waals surface area contributed by atoms with Gasteiger partial charge in [0.2, 0.25) is 11.8 Å². The van der Waals surface area contributed by atoms with Crippen molar-refractivity contribution in [3.05, 3.63) is 77.9 Å². The fraction of sp³-hybridized carbons (Fsp3) is 0.625. The van der Waals surface area contributed by atoms with Gasteiger partial charge in [0, 0.05) is 52.5 Å². The number of amides is 2. The number of rotatable bonds is 24. The first-order chi connectivity index (χ1) is 27.2. The topological polar surface area (TPSA) is 105 Å². The molecule has 0 aromatic heterocycles. The molecule has 9 heteroatoms. The van der Waals surface area contributed by atoms with Gasteiger partial charge in [-0.25, -0.2) is 0 Å². The molecule has 0 radical (unpaired) electrons. The third kappa shape index (κ3) is 13.4. The number of methoxy groups -OCH3 is 2. The van der Waals surface area contributed by atoms with Crippen molar-refractivity contribution in [1.82, 2.24) is 15.1 Å². The van der Waals surface area contributed by atoms with Crippen LogP contribution in [0.2, 0.25) is 0 Å². The normalized spacial score (nSPS) is 18.9. The highest BCUT2D eigenvalue weighted by atomic mass is 16.5. The number of nitrogens with one attached hydrogen (secondary N) is 1. The molecule has 1 saturated heterocycles. The van der Waals surface area contributed by atoms with E-state index in [4.69, 9.17) is 9.47 Å². The molecule has 0 unspecified atom stereocenters. The van der Waals surface area contributed by atoms with Gasteiger partial charge in [0.15, 0.2) is 5.78 Å². The number of likely N-dealkylation sites (tertiary alicyclic amines) is 1. The molecule has 3 rings (SSSR count). The summed E-state index contributed by atoms with van der Waals surface area (Å²) in [4.78, 5) is 59.7. The molecule has 9 nitrogen and oxygen atoms in total. The number of carbonyl (C=O) groups is 4. The minimum Gasteiger partial charge on any atom is -0.379 e. The van der Waals surface area contributed by atoms with Crippen LogP contribution in [0, 0.1) is 35.5 Å². The van der Waals surface area contributed by atoms with E-state index in [0.29, 0.717) is 13.0 Å². The van der Waals surface area contributed by atoms with Gasteiger partial charge in [0.1, 0.15) is 5.78 Å². The van der Waals surface area contributed by atoms with E-state index in [2.05, 4.69) is 55.6 Å². The van der Waals surface area contributed by atoms with Crippen molar-refractivity contribution in [1.29, 1.82) is 0 Å². The zero-order chi connectivity index (χ0) is 42.2. The minimum absolute atomic E-state index is 0.00520. The molecule has 57 heavy (non-hydrogen) atoms. The van der Waals surface area contributed by atoms with Crippen LogP contribution in [-0.4, -0.2) is 98.4 Å². The van der Waals surface area contributed by atoms with Crippen LogP contribution >= 0.6 is 0 Å². The van der Waals surface area contributed by atoms with Gasteiger partial charge in [-0.1, -0.05) is 128 Å². The van der Waals surface area contributed by atoms with E-state index in [1.54, 1.807) is 33.2 Å². The molecule has 316 valence electrons. The lowest BCUT2D eigenvalue weighted by molar-refractivity contribution is -0.149. The number of ether oxygens (including phenoxy) is 2. The van der Waals surface area contributed by atoms with Gasteiger partial charge in [-0.3, -0.25) is 19.2 Å². The van der Waals surface area contributed by atoms with Gasteiger partial charge in [-0.05, 0) is 61.1 Å². The van der Waals surface area contributed by atoms with E-state index in [-0.39, 0.29) is 78.0 Å². The van der Waals surface area contributed by atoms with E-state index in [0.717, 1.165) is 31.2 Å². The van der Waals surface area contributed by atoms with Crippen LogP contribution in [0.4, 0.5) is 0 Å². The van der Waals surface area contributed by atoms with E-state index in [1.807, 2.05) is 75.9 Å². The second kappa shape index (κ2) is 23.7. The van der Waals surface area contributed by atoms with Crippen molar-refractivity contribution in [2.75, 3.05) is 34.9 Å². The van der Waals surface area contributed by atoms with E-state index >= 15 is 0 Å². The Morgan fingerprint density at radius 1 is 0.860 bits per heavy atom. The van der Waals surface area contributed by atoms with E-state index in [1.165, 1.54) is 5.56 Å². The predicted octanol–water partition coefficient (Wildman–Crippen LogP) is 7.91. The maximum absolute atomic E-state index is 14.3. The number of benzene rings is 2. The molecule has 2 aromatic carbocycles. The smallest absolute Gasteiger partial charge is 0.226 e. The van der Waals surface area contributed by atoms with Crippen LogP contribution in [0.25, 0.3) is 6.08 Å². The number of nitrogens with zero attached hydrogens (tertiary/aromatic N) is 2. The molecule has 1 N–H and O–H groups in total. The molecule has 1 fully saturated rings. The first kappa shape index (κ1) is 47.7. The van der Waals surface area contributed by atoms with Crippen LogP contribution in [0.1, 0.15) is 98.1 Å². The Kier molecular flexibility index (Phi) is 19.8. The van der Waals surface area contributed by atoms with Crippen molar-refractivity contribution < 1.29 is 28.7 Å². The molecule has 1 aliphatic rings. The van der Waals surface area contributed by atoms with Crippen molar-refractivity contribution in [2.24, 2.45) is 35.5 Å². The van der Waals surface area contributed by atoms with Crippen molar-refractivity contribution in [3.8, 4) is 0 Å². The van der Waals surface area contributed by atoms with E-state index < -0.39 is 24.0 Å². The van der Waals surface area contributed by atoms with Gasteiger partial charge in [0.05, 0.1) is 36.8 Å². The van der Waals surface area contributed by atoms with Crippen LogP contribution in [-0.2, 0) is 35.1 Å². The highest BCUT2D eigenvalue weighted by Gasteiger charge is 2.43. The first-order valence-electron chi connectivity index (χ1n) is 21.3. The summed E-state index contributed by atoms with van der Waals surface area (Å²) >= 11 is 0. The number of likely N-dealkylation sites (N-methyl/N-ethyl adjacent to an activating group) is 2. The van der Waals surface area contributed by atoms with Crippen molar-refractivity contribution in [3.63, 3.8) is 0 Å². The Bertz CT molecular complexity index is 1560. The summed E-state index contributed by atoms with van der Waals surface area (Å²) in [7, 11) is 6.82. The molecule has 0 saturated carbocycles. The summed E-state index contributed by atoms with van der Waals surface area (Å²) in [6.07, 6.45) is 6.87. The fourth-order valence-corrected chi connectivity index (χ4v) is 8.80. The lowest BCUT2D eigenvalue weighted by atomic mass is 9.84. The average Bonchev–Trinajstić information content (AvgIpc) is 3.69. The fourth-order valence-electron chi connectivity index (χ4n) is 8.80.